The molecule has 6 heteroatoms. The normalized spacial score (nSPS) is 15.3. The Morgan fingerprint density at radius 1 is 1.25 bits per heavy atom. The van der Waals surface area contributed by atoms with Gasteiger partial charge in [0.15, 0.2) is 0 Å². The number of amides is 2. The van der Waals surface area contributed by atoms with Crippen molar-refractivity contribution in [2.24, 2.45) is 11.7 Å². The highest BCUT2D eigenvalue weighted by Gasteiger charge is 2.36. The van der Waals surface area contributed by atoms with E-state index in [1.165, 1.54) is 17.4 Å². The monoisotopic (exact) mass is 340 g/mol. The molecule has 2 aromatic heterocycles. The first-order valence-electron chi connectivity index (χ1n) is 7.79. The number of hydrogen-bond donors (Lipinski definition) is 2. The quantitative estimate of drug-likeness (QED) is 0.746. The van der Waals surface area contributed by atoms with Crippen LogP contribution < -0.4 is 11.1 Å². The van der Waals surface area contributed by atoms with E-state index in [-0.39, 0.29) is 11.9 Å². The molecular weight excluding hydrogens is 324 g/mol. The van der Waals surface area contributed by atoms with E-state index in [0.717, 1.165) is 29.6 Å². The number of hydrogen-bond acceptors (Lipinski definition) is 4. The molecule has 0 spiro atoms. The molecule has 1 aliphatic carbocycles. The van der Waals surface area contributed by atoms with Crippen LogP contribution in [0.5, 0.6) is 0 Å². The van der Waals surface area contributed by atoms with Gasteiger partial charge in [-0.1, -0.05) is 18.2 Å². The minimum atomic E-state index is -0.527. The molecule has 0 radical (unpaired) electrons. The summed E-state index contributed by atoms with van der Waals surface area (Å²) in [5.74, 6) is 0.440. The van der Waals surface area contributed by atoms with Crippen molar-refractivity contribution in [2.75, 3.05) is 0 Å². The van der Waals surface area contributed by atoms with Crippen molar-refractivity contribution in [3.05, 3.63) is 58.0 Å². The highest BCUT2D eigenvalue weighted by molar-refractivity contribution is 7.12. The lowest BCUT2D eigenvalue weighted by molar-refractivity contribution is 0.0930. The van der Waals surface area contributed by atoms with Crippen molar-refractivity contribution < 1.29 is 14.0 Å². The molecule has 122 valence electrons. The van der Waals surface area contributed by atoms with Crippen LogP contribution in [0.25, 0.3) is 11.0 Å². The summed E-state index contributed by atoms with van der Waals surface area (Å²) in [5, 5.41) is 5.68. The van der Waals surface area contributed by atoms with Crippen LogP contribution in [0, 0.1) is 5.92 Å². The fraction of sp³-hybridized carbons (Fsp3) is 0.222. The van der Waals surface area contributed by atoms with Crippen LogP contribution in [0.15, 0.2) is 46.2 Å². The Morgan fingerprint density at radius 3 is 2.71 bits per heavy atom. The third kappa shape index (κ3) is 2.80. The second kappa shape index (κ2) is 5.79. The first-order chi connectivity index (χ1) is 11.6. The molecule has 1 fully saturated rings. The van der Waals surface area contributed by atoms with Gasteiger partial charge in [-0.05, 0) is 37.0 Å². The van der Waals surface area contributed by atoms with Gasteiger partial charge in [-0.25, -0.2) is 0 Å². The van der Waals surface area contributed by atoms with Crippen molar-refractivity contribution in [1.82, 2.24) is 5.32 Å². The molecule has 24 heavy (non-hydrogen) atoms. The number of thiophene rings is 1. The van der Waals surface area contributed by atoms with E-state index in [1.54, 1.807) is 5.38 Å². The Morgan fingerprint density at radius 2 is 2.04 bits per heavy atom. The van der Waals surface area contributed by atoms with Crippen LogP contribution in [-0.4, -0.2) is 11.8 Å². The summed E-state index contributed by atoms with van der Waals surface area (Å²) in [4.78, 5) is 24.2. The van der Waals surface area contributed by atoms with Crippen molar-refractivity contribution in [3.63, 3.8) is 0 Å². The Hall–Kier alpha value is -2.60. The topological polar surface area (TPSA) is 85.3 Å². The van der Waals surface area contributed by atoms with Gasteiger partial charge in [-0.2, -0.15) is 0 Å². The van der Waals surface area contributed by atoms with E-state index in [0.29, 0.717) is 16.4 Å². The van der Waals surface area contributed by atoms with Gasteiger partial charge in [0, 0.05) is 10.8 Å². The highest BCUT2D eigenvalue weighted by Crippen LogP contribution is 2.42. The van der Waals surface area contributed by atoms with Crippen LogP contribution >= 0.6 is 11.3 Å². The second-order valence-electron chi connectivity index (χ2n) is 6.04. The molecule has 3 aromatic rings. The SMILES string of the molecule is NC(=O)c1csc(C(=O)NC(c2cc3ccccc3o2)C2CC2)c1. The summed E-state index contributed by atoms with van der Waals surface area (Å²) in [6.07, 6.45) is 2.14. The summed E-state index contributed by atoms with van der Waals surface area (Å²) in [5.41, 5.74) is 6.42. The first-order valence-corrected chi connectivity index (χ1v) is 8.67. The average molecular weight is 340 g/mol. The van der Waals surface area contributed by atoms with E-state index in [2.05, 4.69) is 5.32 Å². The fourth-order valence-electron chi connectivity index (χ4n) is 2.80. The molecule has 3 N–H and O–H groups in total. The van der Waals surface area contributed by atoms with Crippen molar-refractivity contribution in [2.45, 2.75) is 18.9 Å². The van der Waals surface area contributed by atoms with Gasteiger partial charge in [0.1, 0.15) is 11.3 Å². The zero-order chi connectivity index (χ0) is 16.7. The van der Waals surface area contributed by atoms with Gasteiger partial charge in [0.25, 0.3) is 5.91 Å². The lowest BCUT2D eigenvalue weighted by Crippen LogP contribution is -2.29. The Labute approximate surface area is 142 Å². The van der Waals surface area contributed by atoms with Crippen LogP contribution in [-0.2, 0) is 0 Å². The number of benzene rings is 1. The number of carbonyl (C=O) groups is 2. The molecular formula is C18H16N2O3S. The van der Waals surface area contributed by atoms with Crippen LogP contribution in [0.1, 0.15) is 44.7 Å². The second-order valence-corrected chi connectivity index (χ2v) is 6.95. The van der Waals surface area contributed by atoms with Gasteiger partial charge in [-0.3, -0.25) is 9.59 Å². The van der Waals surface area contributed by atoms with Gasteiger partial charge in [0.05, 0.1) is 16.5 Å². The summed E-state index contributed by atoms with van der Waals surface area (Å²) in [6.45, 7) is 0. The standard InChI is InChI=1S/C18H16N2O3S/c19-17(21)12-8-15(24-9-12)18(22)20-16(10-5-6-10)14-7-11-3-1-2-4-13(11)23-14/h1-4,7-10,16H,5-6H2,(H2,19,21)(H,20,22). The highest BCUT2D eigenvalue weighted by atomic mass is 32.1. The predicted octanol–water partition coefficient (Wildman–Crippen LogP) is 3.47. The van der Waals surface area contributed by atoms with E-state index in [1.807, 2.05) is 30.3 Å². The van der Waals surface area contributed by atoms with E-state index >= 15 is 0 Å². The molecule has 1 aliphatic rings. The van der Waals surface area contributed by atoms with Crippen molar-refractivity contribution in [3.8, 4) is 0 Å². The Kier molecular flexibility index (Phi) is 3.61. The van der Waals surface area contributed by atoms with Gasteiger partial charge < -0.3 is 15.5 Å². The molecule has 0 bridgehead atoms. The third-order valence-electron chi connectivity index (χ3n) is 4.24. The molecule has 1 saturated carbocycles. The summed E-state index contributed by atoms with van der Waals surface area (Å²) >= 11 is 1.22. The smallest absolute Gasteiger partial charge is 0.261 e. The Balaban J connectivity index is 1.59. The van der Waals surface area contributed by atoms with Crippen molar-refractivity contribution >= 4 is 34.1 Å². The third-order valence-corrected chi connectivity index (χ3v) is 5.17. The minimum Gasteiger partial charge on any atom is -0.459 e. The molecule has 5 nitrogen and oxygen atoms in total. The molecule has 1 aromatic carbocycles. The van der Waals surface area contributed by atoms with Gasteiger partial charge >= 0.3 is 0 Å². The molecule has 2 amide bonds. The number of rotatable bonds is 5. The van der Waals surface area contributed by atoms with Gasteiger partial charge in [0.2, 0.25) is 5.91 Å². The molecule has 1 atom stereocenters. The summed E-state index contributed by atoms with van der Waals surface area (Å²) in [6, 6.07) is 11.2. The number of primary amides is 1. The lowest BCUT2D eigenvalue weighted by Gasteiger charge is -2.15. The molecule has 0 saturated heterocycles. The van der Waals surface area contributed by atoms with Crippen LogP contribution in [0.3, 0.4) is 0 Å². The van der Waals surface area contributed by atoms with E-state index in [4.69, 9.17) is 10.2 Å². The first kappa shape index (κ1) is 15.0. The molecule has 4 rings (SSSR count). The number of nitrogens with one attached hydrogen (secondary N) is 1. The zero-order valence-electron chi connectivity index (χ0n) is 12.8. The zero-order valence-corrected chi connectivity index (χ0v) is 13.6. The maximum atomic E-state index is 12.5. The largest absolute Gasteiger partial charge is 0.459 e. The summed E-state index contributed by atoms with van der Waals surface area (Å²) < 4.78 is 5.93. The van der Waals surface area contributed by atoms with Crippen LogP contribution in [0.2, 0.25) is 0 Å². The van der Waals surface area contributed by atoms with E-state index in [9.17, 15) is 9.59 Å². The fourth-order valence-corrected chi connectivity index (χ4v) is 3.60. The molecule has 2 heterocycles. The molecule has 0 aliphatic heterocycles. The molecule has 1 unspecified atom stereocenters. The van der Waals surface area contributed by atoms with Gasteiger partial charge in [-0.15, -0.1) is 11.3 Å². The minimum absolute atomic E-state index is 0.149. The number of fused-ring (bicyclic) bond motifs is 1. The maximum absolute atomic E-state index is 12.5. The number of carbonyl (C=O) groups excluding carboxylic acids is 2. The average Bonchev–Trinajstić information content (AvgIpc) is 3.12. The maximum Gasteiger partial charge on any atom is 0.261 e. The number of para-hydroxylation sites is 1. The Bertz CT molecular complexity index is 890. The van der Waals surface area contributed by atoms with E-state index < -0.39 is 5.91 Å². The van der Waals surface area contributed by atoms with Crippen LogP contribution in [0.4, 0.5) is 0 Å². The van der Waals surface area contributed by atoms with Crippen molar-refractivity contribution in [1.29, 1.82) is 0 Å². The number of furan rings is 1. The summed E-state index contributed by atoms with van der Waals surface area (Å²) in [7, 11) is 0. The lowest BCUT2D eigenvalue weighted by atomic mass is 10.1. The predicted molar refractivity (Wildman–Crippen MR) is 92.0 cm³/mol. The number of nitrogens with two attached hydrogens (primary N) is 1.